The van der Waals surface area contributed by atoms with Gasteiger partial charge in [0.2, 0.25) is 0 Å². The van der Waals surface area contributed by atoms with Crippen LogP contribution in [0.4, 0.5) is 0 Å². The van der Waals surface area contributed by atoms with Crippen LogP contribution >= 0.6 is 0 Å². The Morgan fingerprint density at radius 2 is 2.05 bits per heavy atom. The highest BCUT2D eigenvalue weighted by molar-refractivity contribution is 5.95. The number of aryl methyl sites for hydroxylation is 4. The van der Waals surface area contributed by atoms with Gasteiger partial charge in [0.05, 0.1) is 17.0 Å². The number of rotatable bonds is 2. The maximum absolute atomic E-state index is 12.4. The van der Waals surface area contributed by atoms with Crippen LogP contribution in [0.3, 0.4) is 0 Å². The van der Waals surface area contributed by atoms with Crippen LogP contribution in [0.25, 0.3) is 0 Å². The minimum absolute atomic E-state index is 0.0368. The Morgan fingerprint density at radius 3 is 2.81 bits per heavy atom. The van der Waals surface area contributed by atoms with Crippen LogP contribution in [0.1, 0.15) is 39.7 Å². The van der Waals surface area contributed by atoms with Crippen LogP contribution in [0.2, 0.25) is 0 Å². The first kappa shape index (κ1) is 13.8. The molecule has 110 valence electrons. The van der Waals surface area contributed by atoms with Crippen LogP contribution in [-0.4, -0.2) is 26.5 Å². The highest BCUT2D eigenvalue weighted by atomic mass is 16.1. The summed E-state index contributed by atoms with van der Waals surface area (Å²) in [4.78, 5) is 21.2. The molecule has 21 heavy (non-hydrogen) atoms. The number of aromatic nitrogens is 3. The number of carbonyl (C=O) groups is 1. The van der Waals surface area contributed by atoms with Crippen molar-refractivity contribution in [2.75, 3.05) is 0 Å². The predicted octanol–water partition coefficient (Wildman–Crippen LogP) is 1.95. The van der Waals surface area contributed by atoms with Crippen molar-refractivity contribution in [3.8, 4) is 0 Å². The molecule has 2 aromatic heterocycles. The second-order valence-electron chi connectivity index (χ2n) is 5.75. The molecule has 1 unspecified atom stereocenters. The summed E-state index contributed by atoms with van der Waals surface area (Å²) in [5.74, 6) is 1.08. The van der Waals surface area contributed by atoms with Gasteiger partial charge in [0.25, 0.3) is 5.91 Å². The van der Waals surface area contributed by atoms with E-state index in [1.165, 1.54) is 0 Å². The molecule has 1 aliphatic rings. The summed E-state index contributed by atoms with van der Waals surface area (Å²) in [6.07, 6.45) is 3.89. The fourth-order valence-corrected chi connectivity index (χ4v) is 2.89. The van der Waals surface area contributed by atoms with Crippen molar-refractivity contribution in [3.63, 3.8) is 0 Å². The summed E-state index contributed by atoms with van der Waals surface area (Å²) in [7, 11) is 0. The SMILES string of the molecule is Cc1ccc(C(=O)NC2CCc3nc(C)cn3C2)c(C)n1. The van der Waals surface area contributed by atoms with Crippen molar-refractivity contribution >= 4 is 5.91 Å². The third-order valence-electron chi connectivity index (χ3n) is 3.92. The van der Waals surface area contributed by atoms with E-state index in [0.717, 1.165) is 42.3 Å². The number of amides is 1. The van der Waals surface area contributed by atoms with Crippen molar-refractivity contribution in [3.05, 3.63) is 46.8 Å². The lowest BCUT2D eigenvalue weighted by atomic mass is 10.1. The molecular formula is C16H20N4O. The Bertz CT molecular complexity index is 690. The number of imidazole rings is 1. The number of pyridine rings is 1. The number of carbonyl (C=O) groups excluding carboxylic acids is 1. The monoisotopic (exact) mass is 284 g/mol. The number of nitrogens with zero attached hydrogens (tertiary/aromatic N) is 3. The van der Waals surface area contributed by atoms with Crippen molar-refractivity contribution in [2.45, 2.75) is 46.2 Å². The van der Waals surface area contributed by atoms with Gasteiger partial charge in [-0.05, 0) is 39.3 Å². The van der Waals surface area contributed by atoms with E-state index in [4.69, 9.17) is 0 Å². The number of fused-ring (bicyclic) bond motifs is 1. The van der Waals surface area contributed by atoms with Crippen molar-refractivity contribution < 1.29 is 4.79 Å². The van der Waals surface area contributed by atoms with Gasteiger partial charge in [-0.1, -0.05) is 0 Å². The molecule has 1 amide bonds. The smallest absolute Gasteiger partial charge is 0.253 e. The van der Waals surface area contributed by atoms with E-state index >= 15 is 0 Å². The van der Waals surface area contributed by atoms with Crippen LogP contribution in [-0.2, 0) is 13.0 Å². The Balaban J connectivity index is 1.71. The summed E-state index contributed by atoms with van der Waals surface area (Å²) >= 11 is 0. The first-order valence-electron chi connectivity index (χ1n) is 7.30. The topological polar surface area (TPSA) is 59.8 Å². The van der Waals surface area contributed by atoms with E-state index in [-0.39, 0.29) is 11.9 Å². The fraction of sp³-hybridized carbons (Fsp3) is 0.438. The summed E-state index contributed by atoms with van der Waals surface area (Å²) in [5, 5.41) is 3.12. The van der Waals surface area contributed by atoms with E-state index in [1.807, 2.05) is 39.1 Å². The second-order valence-corrected chi connectivity index (χ2v) is 5.75. The molecular weight excluding hydrogens is 264 g/mol. The van der Waals surface area contributed by atoms with Gasteiger partial charge in [-0.25, -0.2) is 4.98 Å². The molecule has 3 rings (SSSR count). The van der Waals surface area contributed by atoms with Gasteiger partial charge in [0, 0.05) is 30.9 Å². The Kier molecular flexibility index (Phi) is 3.49. The lowest BCUT2D eigenvalue weighted by molar-refractivity contribution is 0.0926. The molecule has 0 fully saturated rings. The molecule has 0 aromatic carbocycles. The van der Waals surface area contributed by atoms with E-state index < -0.39 is 0 Å². The third kappa shape index (κ3) is 2.82. The van der Waals surface area contributed by atoms with Gasteiger partial charge in [-0.3, -0.25) is 9.78 Å². The van der Waals surface area contributed by atoms with E-state index in [9.17, 15) is 4.79 Å². The molecule has 0 saturated carbocycles. The zero-order chi connectivity index (χ0) is 15.0. The summed E-state index contributed by atoms with van der Waals surface area (Å²) in [6, 6.07) is 3.88. The zero-order valence-corrected chi connectivity index (χ0v) is 12.7. The largest absolute Gasteiger partial charge is 0.347 e. The Labute approximate surface area is 124 Å². The molecule has 1 N–H and O–H groups in total. The molecule has 0 aliphatic carbocycles. The molecule has 0 spiro atoms. The summed E-state index contributed by atoms with van der Waals surface area (Å²) < 4.78 is 2.14. The molecule has 0 bridgehead atoms. The van der Waals surface area contributed by atoms with Crippen molar-refractivity contribution in [1.82, 2.24) is 19.9 Å². The zero-order valence-electron chi connectivity index (χ0n) is 12.7. The second kappa shape index (κ2) is 5.31. The third-order valence-corrected chi connectivity index (χ3v) is 3.92. The summed E-state index contributed by atoms with van der Waals surface area (Å²) in [5.41, 5.74) is 3.41. The minimum atomic E-state index is -0.0368. The van der Waals surface area contributed by atoms with E-state index in [1.54, 1.807) is 0 Å². The average molecular weight is 284 g/mol. The molecule has 3 heterocycles. The fourth-order valence-electron chi connectivity index (χ4n) is 2.89. The van der Waals surface area contributed by atoms with Crippen molar-refractivity contribution in [1.29, 1.82) is 0 Å². The number of hydrogen-bond donors (Lipinski definition) is 1. The minimum Gasteiger partial charge on any atom is -0.347 e. The molecule has 1 atom stereocenters. The summed E-state index contributed by atoms with van der Waals surface area (Å²) in [6.45, 7) is 6.60. The highest BCUT2D eigenvalue weighted by Gasteiger charge is 2.22. The van der Waals surface area contributed by atoms with Crippen molar-refractivity contribution in [2.24, 2.45) is 0 Å². The molecule has 2 aromatic rings. The lowest BCUT2D eigenvalue weighted by Crippen LogP contribution is -2.41. The normalized spacial score (nSPS) is 17.4. The molecule has 5 heteroatoms. The maximum atomic E-state index is 12.4. The predicted molar refractivity (Wildman–Crippen MR) is 80.3 cm³/mol. The highest BCUT2D eigenvalue weighted by Crippen LogP contribution is 2.16. The molecule has 0 radical (unpaired) electrons. The van der Waals surface area contributed by atoms with Gasteiger partial charge < -0.3 is 9.88 Å². The lowest BCUT2D eigenvalue weighted by Gasteiger charge is -2.25. The maximum Gasteiger partial charge on any atom is 0.253 e. The van der Waals surface area contributed by atoms with Gasteiger partial charge in [0.1, 0.15) is 5.82 Å². The molecule has 0 saturated heterocycles. The quantitative estimate of drug-likeness (QED) is 0.917. The Morgan fingerprint density at radius 1 is 1.24 bits per heavy atom. The molecule has 1 aliphatic heterocycles. The molecule has 5 nitrogen and oxygen atoms in total. The van der Waals surface area contributed by atoms with Gasteiger partial charge in [0.15, 0.2) is 0 Å². The van der Waals surface area contributed by atoms with E-state index in [2.05, 4.69) is 19.9 Å². The van der Waals surface area contributed by atoms with Crippen LogP contribution < -0.4 is 5.32 Å². The first-order valence-corrected chi connectivity index (χ1v) is 7.30. The number of hydrogen-bond acceptors (Lipinski definition) is 3. The van der Waals surface area contributed by atoms with Crippen LogP contribution in [0.5, 0.6) is 0 Å². The number of nitrogens with one attached hydrogen (secondary N) is 1. The standard InChI is InChI=1S/C16H20N4O/c1-10-4-6-14(12(3)17-10)16(21)19-13-5-7-15-18-11(2)8-20(15)9-13/h4,6,8,13H,5,7,9H2,1-3H3,(H,19,21). The van der Waals surface area contributed by atoms with Gasteiger partial charge >= 0.3 is 0 Å². The van der Waals surface area contributed by atoms with Gasteiger partial charge in [-0.2, -0.15) is 0 Å². The Hall–Kier alpha value is -2.17. The van der Waals surface area contributed by atoms with Gasteiger partial charge in [-0.15, -0.1) is 0 Å². The van der Waals surface area contributed by atoms with Crippen LogP contribution in [0.15, 0.2) is 18.3 Å². The van der Waals surface area contributed by atoms with Crippen LogP contribution in [0, 0.1) is 20.8 Å². The van der Waals surface area contributed by atoms with E-state index in [0.29, 0.717) is 5.56 Å². The first-order chi connectivity index (χ1) is 10.0. The average Bonchev–Trinajstić information content (AvgIpc) is 2.77.